The fourth-order valence-corrected chi connectivity index (χ4v) is 1.15. The van der Waals surface area contributed by atoms with Crippen LogP contribution < -0.4 is 5.73 Å². The molecule has 1 heterocycles. The Labute approximate surface area is 74.6 Å². The predicted octanol–water partition coefficient (Wildman–Crippen LogP) is 1.63. The number of aromatic nitrogens is 1. The second kappa shape index (κ2) is 2.82. The molecule has 2 rings (SSSR count). The quantitative estimate of drug-likeness (QED) is 0.692. The minimum Gasteiger partial charge on any atom is -0.507 e. The smallest absolute Gasteiger partial charge is 0.174 e. The van der Waals surface area contributed by atoms with Crippen molar-refractivity contribution in [2.75, 3.05) is 5.73 Å². The van der Waals surface area contributed by atoms with Crippen molar-refractivity contribution in [1.82, 2.24) is 5.16 Å². The van der Waals surface area contributed by atoms with Crippen molar-refractivity contribution in [3.05, 3.63) is 30.5 Å². The summed E-state index contributed by atoms with van der Waals surface area (Å²) in [6.45, 7) is 0. The molecule has 0 spiro atoms. The monoisotopic (exact) mass is 176 g/mol. The van der Waals surface area contributed by atoms with Gasteiger partial charge in [0.1, 0.15) is 12.0 Å². The lowest BCUT2D eigenvalue weighted by atomic mass is 10.1. The first-order valence-corrected chi connectivity index (χ1v) is 3.77. The van der Waals surface area contributed by atoms with Gasteiger partial charge < -0.3 is 15.4 Å². The van der Waals surface area contributed by atoms with Gasteiger partial charge in [-0.15, -0.1) is 0 Å². The van der Waals surface area contributed by atoms with Gasteiger partial charge in [0, 0.05) is 5.56 Å². The summed E-state index contributed by atoms with van der Waals surface area (Å²) >= 11 is 0. The maximum atomic E-state index is 9.48. The number of nitrogens with zero attached hydrogens (tertiary/aromatic N) is 1. The number of para-hydroxylation sites is 1. The molecule has 3 N–H and O–H groups in total. The summed E-state index contributed by atoms with van der Waals surface area (Å²) < 4.78 is 4.67. The molecule has 1 aromatic heterocycles. The molecular formula is C9H8N2O2. The van der Waals surface area contributed by atoms with E-state index in [-0.39, 0.29) is 11.6 Å². The van der Waals surface area contributed by atoms with Crippen LogP contribution in [0.3, 0.4) is 0 Å². The zero-order valence-electron chi connectivity index (χ0n) is 6.77. The number of phenolic OH excluding ortho intramolecular Hbond substituents is 1. The van der Waals surface area contributed by atoms with E-state index >= 15 is 0 Å². The molecular weight excluding hydrogens is 168 g/mol. The summed E-state index contributed by atoms with van der Waals surface area (Å²) in [5.41, 5.74) is 6.76. The molecule has 0 aliphatic carbocycles. The largest absolute Gasteiger partial charge is 0.507 e. The Hall–Kier alpha value is -1.97. The molecule has 0 bridgehead atoms. The van der Waals surface area contributed by atoms with Gasteiger partial charge in [-0.25, -0.2) is 0 Å². The van der Waals surface area contributed by atoms with Gasteiger partial charge in [0.25, 0.3) is 0 Å². The Bertz CT molecular complexity index is 423. The highest BCUT2D eigenvalue weighted by Gasteiger charge is 2.09. The molecule has 0 unspecified atom stereocenters. The number of hydrogen-bond donors (Lipinski definition) is 2. The molecule has 0 saturated carbocycles. The summed E-state index contributed by atoms with van der Waals surface area (Å²) in [6, 6.07) is 6.88. The van der Waals surface area contributed by atoms with E-state index in [4.69, 9.17) is 5.73 Å². The lowest BCUT2D eigenvalue weighted by Crippen LogP contribution is -1.87. The van der Waals surface area contributed by atoms with Crippen LogP contribution in [0.15, 0.2) is 35.1 Å². The number of benzene rings is 1. The van der Waals surface area contributed by atoms with Crippen LogP contribution in [0.25, 0.3) is 11.1 Å². The number of phenols is 1. The molecule has 13 heavy (non-hydrogen) atoms. The fourth-order valence-electron chi connectivity index (χ4n) is 1.15. The molecule has 0 aliphatic rings. The fraction of sp³-hybridized carbons (Fsp3) is 0. The summed E-state index contributed by atoms with van der Waals surface area (Å²) in [5.74, 6) is 0.443. The SMILES string of the molecule is Nc1nocc1-c1ccccc1O. The van der Waals surface area contributed by atoms with E-state index in [1.165, 1.54) is 6.26 Å². The molecule has 1 aromatic carbocycles. The number of aromatic hydroxyl groups is 1. The molecule has 0 radical (unpaired) electrons. The third-order valence-corrected chi connectivity index (χ3v) is 1.79. The lowest BCUT2D eigenvalue weighted by molar-refractivity contribution is 0.423. The zero-order chi connectivity index (χ0) is 9.26. The molecule has 0 amide bonds. The molecule has 0 atom stereocenters. The van der Waals surface area contributed by atoms with Crippen LogP contribution in [-0.4, -0.2) is 10.3 Å². The molecule has 66 valence electrons. The van der Waals surface area contributed by atoms with Crippen molar-refractivity contribution in [2.24, 2.45) is 0 Å². The first-order chi connectivity index (χ1) is 6.29. The molecule has 4 nitrogen and oxygen atoms in total. The highest BCUT2D eigenvalue weighted by molar-refractivity contribution is 5.76. The average Bonchev–Trinajstić information content (AvgIpc) is 2.52. The van der Waals surface area contributed by atoms with Crippen LogP contribution in [-0.2, 0) is 0 Å². The van der Waals surface area contributed by atoms with Crippen molar-refractivity contribution in [1.29, 1.82) is 0 Å². The summed E-state index contributed by atoms with van der Waals surface area (Å²) in [7, 11) is 0. The van der Waals surface area contributed by atoms with Gasteiger partial charge in [-0.3, -0.25) is 0 Å². The van der Waals surface area contributed by atoms with Gasteiger partial charge in [0.2, 0.25) is 0 Å². The van der Waals surface area contributed by atoms with Crippen molar-refractivity contribution < 1.29 is 9.63 Å². The van der Waals surface area contributed by atoms with E-state index in [0.717, 1.165) is 0 Å². The number of hydrogen-bond acceptors (Lipinski definition) is 4. The second-order valence-electron chi connectivity index (χ2n) is 2.63. The average molecular weight is 176 g/mol. The standard InChI is InChI=1S/C9H8N2O2/c10-9-7(5-13-11-9)6-3-1-2-4-8(6)12/h1-5,12H,(H2,10,11). The number of rotatable bonds is 1. The Morgan fingerprint density at radius 2 is 2.00 bits per heavy atom. The topological polar surface area (TPSA) is 72.3 Å². The van der Waals surface area contributed by atoms with Gasteiger partial charge in [0.15, 0.2) is 5.82 Å². The third kappa shape index (κ3) is 1.22. The van der Waals surface area contributed by atoms with Gasteiger partial charge in [-0.05, 0) is 6.07 Å². The maximum absolute atomic E-state index is 9.48. The van der Waals surface area contributed by atoms with E-state index in [9.17, 15) is 5.11 Å². The first-order valence-electron chi connectivity index (χ1n) is 3.77. The Balaban J connectivity index is 2.59. The summed E-state index contributed by atoms with van der Waals surface area (Å²) in [4.78, 5) is 0. The van der Waals surface area contributed by atoms with E-state index in [1.54, 1.807) is 18.2 Å². The van der Waals surface area contributed by atoms with Crippen LogP contribution in [0.4, 0.5) is 5.82 Å². The molecule has 0 fully saturated rings. The van der Waals surface area contributed by atoms with Crippen LogP contribution in [0.5, 0.6) is 5.75 Å². The highest BCUT2D eigenvalue weighted by atomic mass is 16.5. The third-order valence-electron chi connectivity index (χ3n) is 1.79. The normalized spacial score (nSPS) is 10.2. The maximum Gasteiger partial charge on any atom is 0.174 e. The predicted molar refractivity (Wildman–Crippen MR) is 48.0 cm³/mol. The summed E-state index contributed by atoms with van der Waals surface area (Å²) in [5, 5.41) is 13.0. The molecule has 2 aromatic rings. The minimum absolute atomic E-state index is 0.164. The van der Waals surface area contributed by atoms with Crippen LogP contribution in [0, 0.1) is 0 Å². The van der Waals surface area contributed by atoms with Crippen LogP contribution in [0.1, 0.15) is 0 Å². The van der Waals surface area contributed by atoms with Crippen LogP contribution in [0.2, 0.25) is 0 Å². The summed E-state index contributed by atoms with van der Waals surface area (Å²) in [6.07, 6.45) is 1.41. The van der Waals surface area contributed by atoms with Crippen molar-refractivity contribution >= 4 is 5.82 Å². The molecule has 0 aliphatic heterocycles. The van der Waals surface area contributed by atoms with Gasteiger partial charge in [-0.1, -0.05) is 23.4 Å². The van der Waals surface area contributed by atoms with Crippen molar-refractivity contribution in [2.45, 2.75) is 0 Å². The number of nitrogens with two attached hydrogens (primary N) is 1. The highest BCUT2D eigenvalue weighted by Crippen LogP contribution is 2.31. The lowest BCUT2D eigenvalue weighted by Gasteiger charge is -1.99. The molecule has 0 saturated heterocycles. The van der Waals surface area contributed by atoms with E-state index in [0.29, 0.717) is 11.1 Å². The van der Waals surface area contributed by atoms with Crippen molar-refractivity contribution in [3.63, 3.8) is 0 Å². The van der Waals surface area contributed by atoms with E-state index < -0.39 is 0 Å². The zero-order valence-corrected chi connectivity index (χ0v) is 6.77. The molecule has 4 heteroatoms. The van der Waals surface area contributed by atoms with E-state index in [1.807, 2.05) is 6.07 Å². The van der Waals surface area contributed by atoms with Crippen LogP contribution >= 0.6 is 0 Å². The Kier molecular flexibility index (Phi) is 1.66. The first kappa shape index (κ1) is 7.67. The van der Waals surface area contributed by atoms with E-state index in [2.05, 4.69) is 9.68 Å². The van der Waals surface area contributed by atoms with Crippen molar-refractivity contribution in [3.8, 4) is 16.9 Å². The second-order valence-corrected chi connectivity index (χ2v) is 2.63. The number of anilines is 1. The van der Waals surface area contributed by atoms with Gasteiger partial charge in [0.05, 0.1) is 5.56 Å². The number of nitrogen functional groups attached to an aromatic ring is 1. The Morgan fingerprint density at radius 1 is 1.23 bits per heavy atom. The van der Waals surface area contributed by atoms with Gasteiger partial charge >= 0.3 is 0 Å². The Morgan fingerprint density at radius 3 is 2.62 bits per heavy atom. The van der Waals surface area contributed by atoms with Gasteiger partial charge in [-0.2, -0.15) is 0 Å². The minimum atomic E-state index is 0.164.